The molecule has 0 spiro atoms. The molecule has 16 heteroatoms. The highest BCUT2D eigenvalue weighted by Crippen LogP contribution is 2.50. The van der Waals surface area contributed by atoms with Crippen molar-refractivity contribution in [3.63, 3.8) is 0 Å². The van der Waals surface area contributed by atoms with Gasteiger partial charge in [-0.2, -0.15) is 0 Å². The molecule has 0 unspecified atom stereocenters. The molecule has 7 rings (SSSR count). The molecule has 0 saturated carbocycles. The number of carbonyl (C=O) groups is 2. The molecule has 3 aromatic carbocycles. The smallest absolute Gasteiger partial charge is 0.338 e. The minimum atomic E-state index is -3.36. The van der Waals surface area contributed by atoms with Crippen LogP contribution in [0.15, 0.2) is 91.0 Å². The van der Waals surface area contributed by atoms with Crippen LogP contribution < -0.4 is 0 Å². The third-order valence-electron chi connectivity index (χ3n) is 12.5. The Bertz CT molecular complexity index is 1920. The molecular weight excluding hydrogens is 845 g/mol. The largest absolute Gasteiger partial charge is 0.467 e. The van der Waals surface area contributed by atoms with Crippen molar-refractivity contribution < 1.29 is 65.2 Å². The number of esters is 2. The van der Waals surface area contributed by atoms with E-state index in [2.05, 4.69) is 55.4 Å². The Morgan fingerprint density at radius 2 is 1.22 bits per heavy atom. The maximum Gasteiger partial charge on any atom is 0.338 e. The van der Waals surface area contributed by atoms with Gasteiger partial charge in [0.15, 0.2) is 31.1 Å². The summed E-state index contributed by atoms with van der Waals surface area (Å²) in [7, 11) is -3.87. The van der Waals surface area contributed by atoms with Gasteiger partial charge < -0.3 is 55.6 Å². The molecule has 63 heavy (non-hydrogen) atoms. The lowest BCUT2D eigenvalue weighted by Crippen LogP contribution is -2.68. The first-order valence-electron chi connectivity index (χ1n) is 22.1. The molecule has 4 aliphatic rings. The molecule has 0 radical (unpaired) electrons. The van der Waals surface area contributed by atoms with Crippen molar-refractivity contribution in [3.05, 3.63) is 108 Å². The van der Waals surface area contributed by atoms with Gasteiger partial charge in [-0.05, 0) is 39.9 Å². The zero-order valence-electron chi connectivity index (χ0n) is 38.0. The Morgan fingerprint density at radius 3 is 1.79 bits per heavy atom. The van der Waals surface area contributed by atoms with Gasteiger partial charge in [-0.15, -0.1) is 0 Å². The van der Waals surface area contributed by atoms with Gasteiger partial charge >= 0.3 is 29.1 Å². The van der Waals surface area contributed by atoms with Crippen LogP contribution in [0.3, 0.4) is 0 Å². The van der Waals surface area contributed by atoms with Crippen LogP contribution in [0.4, 0.5) is 0 Å². The predicted octanol–water partition coefficient (Wildman–Crippen LogP) is 7.89. The lowest BCUT2D eigenvalue weighted by atomic mass is 9.95. The molecule has 0 aromatic heterocycles. The summed E-state index contributed by atoms with van der Waals surface area (Å²) in [6.07, 6.45) is -11.5. The molecule has 0 N–H and O–H groups in total. The van der Waals surface area contributed by atoms with E-state index in [0.29, 0.717) is 5.56 Å². The van der Waals surface area contributed by atoms with E-state index in [1.165, 1.54) is 14.2 Å². The van der Waals surface area contributed by atoms with E-state index in [1.807, 2.05) is 66.7 Å². The SMILES string of the molecule is COC(=O)[C@H]1O[C@@H](O[C@@H]2[C@@H](OC)O[C@@H]3CO[C@@H](c4ccccc4)O[C@H]3[C@@H]2OCc2ccccc2)[C@H](OC(=O)c2ccccc2)[C@H]2O[Si](C(C)C)(C(C)C)O[Si](C(C)C)(C(C)C)O[C@@H]21. The molecule has 4 heterocycles. The van der Waals surface area contributed by atoms with E-state index in [-0.39, 0.29) is 35.4 Å². The van der Waals surface area contributed by atoms with Crippen molar-refractivity contribution in [3.8, 4) is 0 Å². The summed E-state index contributed by atoms with van der Waals surface area (Å²) >= 11 is 0. The first kappa shape index (κ1) is 47.6. The number of hydrogen-bond acceptors (Lipinski definition) is 14. The summed E-state index contributed by atoms with van der Waals surface area (Å²) < 4.78 is 80.3. The van der Waals surface area contributed by atoms with Gasteiger partial charge in [0.05, 0.1) is 25.9 Å². The molecular formula is C47H64O14Si2. The van der Waals surface area contributed by atoms with Gasteiger partial charge in [-0.3, -0.25) is 0 Å². The van der Waals surface area contributed by atoms with Gasteiger partial charge in [0.2, 0.25) is 0 Å². The molecule has 0 bridgehead atoms. The van der Waals surface area contributed by atoms with Crippen molar-refractivity contribution in [2.75, 3.05) is 20.8 Å². The zero-order valence-corrected chi connectivity index (χ0v) is 40.0. The van der Waals surface area contributed by atoms with Crippen LogP contribution in [0.1, 0.15) is 83.2 Å². The highest BCUT2D eigenvalue weighted by Gasteiger charge is 2.67. The molecule has 0 amide bonds. The second-order valence-corrected chi connectivity index (χ2v) is 26.6. The third kappa shape index (κ3) is 9.78. The van der Waals surface area contributed by atoms with E-state index in [0.717, 1.165) is 11.1 Å². The van der Waals surface area contributed by atoms with Crippen LogP contribution in [-0.2, 0) is 67.0 Å². The summed E-state index contributed by atoms with van der Waals surface area (Å²) in [5.74, 6) is -1.37. The van der Waals surface area contributed by atoms with E-state index in [4.69, 9.17) is 55.6 Å². The molecule has 11 atom stereocenters. The fraction of sp³-hybridized carbons (Fsp3) is 0.574. The van der Waals surface area contributed by atoms with Crippen molar-refractivity contribution in [2.45, 2.75) is 152 Å². The van der Waals surface area contributed by atoms with E-state index in [1.54, 1.807) is 24.3 Å². The number of hydrogen-bond donors (Lipinski definition) is 0. The third-order valence-corrected chi connectivity index (χ3v) is 22.8. The standard InChI is InChI=1S/C47H64O14Si2/c1-28(2)62(29(3)4)59-38-39(60-63(61-62,30(5)6)31(7)8)42(55-43(48)33-22-16-12-17-23-33)47(57-40(38)44(49)50-9)58-41-37(52-26-32-20-14-11-15-21-32)36-35(54-46(41)51-10)27-53-45(56-36)34-24-18-13-19-25-34/h11-25,28-31,35-42,45-47H,26-27H2,1-10H3/t35-,36-,37+,38+,39+,40+,41+,42-,45-,46+,47+/m1/s1. The minimum absolute atomic E-state index is 0.0710. The maximum absolute atomic E-state index is 14.3. The molecule has 4 fully saturated rings. The Hall–Kier alpha value is -3.37. The van der Waals surface area contributed by atoms with Crippen LogP contribution in [0, 0.1) is 0 Å². The summed E-state index contributed by atoms with van der Waals surface area (Å²) in [4.78, 5) is 28.5. The highest BCUT2D eigenvalue weighted by molar-refractivity contribution is 6.84. The Labute approximate surface area is 373 Å². The van der Waals surface area contributed by atoms with E-state index < -0.39 is 96.8 Å². The summed E-state index contributed by atoms with van der Waals surface area (Å²) in [6.45, 7) is 17.0. The van der Waals surface area contributed by atoms with Crippen molar-refractivity contribution in [1.82, 2.24) is 0 Å². The number of fused-ring (bicyclic) bond motifs is 2. The van der Waals surface area contributed by atoms with E-state index >= 15 is 0 Å². The number of ether oxygens (including phenoxy) is 9. The Morgan fingerprint density at radius 1 is 0.651 bits per heavy atom. The van der Waals surface area contributed by atoms with Gasteiger partial charge in [0, 0.05) is 12.7 Å². The van der Waals surface area contributed by atoms with Crippen LogP contribution >= 0.6 is 0 Å². The van der Waals surface area contributed by atoms with Crippen molar-refractivity contribution in [2.24, 2.45) is 0 Å². The van der Waals surface area contributed by atoms with Crippen LogP contribution in [0.5, 0.6) is 0 Å². The molecule has 4 aliphatic heterocycles. The number of benzene rings is 3. The van der Waals surface area contributed by atoms with Crippen LogP contribution in [-0.4, -0.2) is 111 Å². The second kappa shape index (κ2) is 20.4. The average Bonchev–Trinajstić information content (AvgIpc) is 3.47. The Balaban J connectivity index is 1.35. The first-order chi connectivity index (χ1) is 30.2. The number of rotatable bonds is 14. The topological polar surface area (TPSA) is 145 Å². The van der Waals surface area contributed by atoms with E-state index in [9.17, 15) is 9.59 Å². The lowest BCUT2D eigenvalue weighted by molar-refractivity contribution is -0.392. The molecule has 4 saturated heterocycles. The summed E-state index contributed by atoms with van der Waals surface area (Å²) in [6, 6.07) is 28.0. The zero-order chi connectivity index (χ0) is 45.1. The van der Waals surface area contributed by atoms with Crippen LogP contribution in [0.2, 0.25) is 22.2 Å². The average molecular weight is 909 g/mol. The maximum atomic E-state index is 14.3. The number of carbonyl (C=O) groups excluding carboxylic acids is 2. The quantitative estimate of drug-likeness (QED) is 0.114. The fourth-order valence-electron chi connectivity index (χ4n) is 9.22. The highest BCUT2D eigenvalue weighted by atomic mass is 28.5. The molecule has 14 nitrogen and oxygen atoms in total. The normalized spacial score (nSPS) is 31.6. The van der Waals surface area contributed by atoms with Crippen LogP contribution in [0.25, 0.3) is 0 Å². The molecule has 344 valence electrons. The minimum Gasteiger partial charge on any atom is -0.467 e. The number of methoxy groups -OCH3 is 2. The van der Waals surface area contributed by atoms with Crippen molar-refractivity contribution >= 4 is 29.1 Å². The first-order valence-corrected chi connectivity index (χ1v) is 26.0. The molecule has 0 aliphatic carbocycles. The van der Waals surface area contributed by atoms with Crippen molar-refractivity contribution in [1.29, 1.82) is 0 Å². The van der Waals surface area contributed by atoms with Gasteiger partial charge in [0.25, 0.3) is 0 Å². The summed E-state index contributed by atoms with van der Waals surface area (Å²) in [5, 5.41) is 0. The van der Waals surface area contributed by atoms with Gasteiger partial charge in [-0.1, -0.05) is 134 Å². The predicted molar refractivity (Wildman–Crippen MR) is 235 cm³/mol. The summed E-state index contributed by atoms with van der Waals surface area (Å²) in [5.41, 5.74) is 1.70. The van der Waals surface area contributed by atoms with Gasteiger partial charge in [-0.25, -0.2) is 9.59 Å². The lowest BCUT2D eigenvalue weighted by Gasteiger charge is -2.51. The van der Waals surface area contributed by atoms with Gasteiger partial charge in [0.1, 0.15) is 36.6 Å². The monoisotopic (exact) mass is 908 g/mol. The molecule has 3 aromatic rings. The Kier molecular flexibility index (Phi) is 15.4. The fourth-order valence-corrected chi connectivity index (χ4v) is 20.5. The second-order valence-electron chi connectivity index (χ2n) is 17.8.